The molecule has 35 heavy (non-hydrogen) atoms. The zero-order valence-electron chi connectivity index (χ0n) is 19.9. The molecule has 1 fully saturated rings. The van der Waals surface area contributed by atoms with Gasteiger partial charge >= 0.3 is 0 Å². The van der Waals surface area contributed by atoms with Gasteiger partial charge in [0.2, 0.25) is 5.78 Å². The predicted octanol–water partition coefficient (Wildman–Crippen LogP) is 3.61. The number of aromatic amines is 1. The van der Waals surface area contributed by atoms with E-state index in [1.54, 1.807) is 42.7 Å². The van der Waals surface area contributed by atoms with Gasteiger partial charge in [-0.1, -0.05) is 68.7 Å². The van der Waals surface area contributed by atoms with Crippen molar-refractivity contribution in [3.63, 3.8) is 0 Å². The number of benzene rings is 2. The Bertz CT molecular complexity index is 1250. The Kier molecular flexibility index (Phi) is 7.11. The second-order valence-electron chi connectivity index (χ2n) is 8.76. The molecule has 178 valence electrons. The largest absolute Gasteiger partial charge is 0.872 e. The van der Waals surface area contributed by atoms with Gasteiger partial charge in [-0.05, 0) is 40.8 Å². The summed E-state index contributed by atoms with van der Waals surface area (Å²) < 4.78 is 5.49. The van der Waals surface area contributed by atoms with E-state index in [-0.39, 0.29) is 12.1 Å². The van der Waals surface area contributed by atoms with E-state index in [1.807, 2.05) is 36.4 Å². The first-order chi connectivity index (χ1) is 16.9. The number of pyridine rings is 1. The number of carbonyl (C=O) groups is 2. The van der Waals surface area contributed by atoms with Gasteiger partial charge in [0.1, 0.15) is 12.4 Å². The van der Waals surface area contributed by atoms with Crippen LogP contribution < -0.4 is 14.8 Å². The van der Waals surface area contributed by atoms with Crippen molar-refractivity contribution < 1.29 is 24.4 Å². The molecule has 4 rings (SSSR count). The smallest absolute Gasteiger partial charge is 0.295 e. The molecule has 2 heterocycles. The van der Waals surface area contributed by atoms with E-state index in [0.29, 0.717) is 23.8 Å². The van der Waals surface area contributed by atoms with E-state index in [4.69, 9.17) is 4.74 Å². The molecule has 1 atom stereocenters. The van der Waals surface area contributed by atoms with Crippen LogP contribution in [0.4, 0.5) is 0 Å². The number of amides is 1. The standard InChI is InChI=1S/C29H28N2O4/c1-4-16-35-24-13-11-23(12-14-24)27(32)25-26(22-9-7-21(8-10-22)19(2)3)31(29(34)28(25)33)18-20-6-5-15-30-17-20/h4-15,17,19,26,32H,1,16,18H2,2-3H3. The maximum atomic E-state index is 13.6. The summed E-state index contributed by atoms with van der Waals surface area (Å²) >= 11 is 0. The maximum Gasteiger partial charge on any atom is 0.295 e. The molecular weight excluding hydrogens is 440 g/mol. The van der Waals surface area contributed by atoms with E-state index in [2.05, 4.69) is 25.4 Å². The van der Waals surface area contributed by atoms with Crippen molar-refractivity contribution in [3.8, 4) is 5.75 Å². The molecule has 2 aromatic carbocycles. The number of carbonyl (C=O) groups excluding carboxylic acids is 2. The summed E-state index contributed by atoms with van der Waals surface area (Å²) in [7, 11) is 0. The van der Waals surface area contributed by atoms with E-state index >= 15 is 0 Å². The molecule has 1 N–H and O–H groups in total. The van der Waals surface area contributed by atoms with Crippen LogP contribution in [0, 0.1) is 0 Å². The van der Waals surface area contributed by atoms with Gasteiger partial charge in [0.25, 0.3) is 5.91 Å². The molecule has 0 saturated carbocycles. The second kappa shape index (κ2) is 10.4. The summed E-state index contributed by atoms with van der Waals surface area (Å²) in [6, 6.07) is 17.2. The van der Waals surface area contributed by atoms with Crippen molar-refractivity contribution in [2.45, 2.75) is 32.4 Å². The summed E-state index contributed by atoms with van der Waals surface area (Å²) in [6.07, 6.45) is 5.18. The zero-order valence-corrected chi connectivity index (χ0v) is 19.9. The normalized spacial score (nSPS) is 17.1. The average Bonchev–Trinajstić information content (AvgIpc) is 3.13. The van der Waals surface area contributed by atoms with Gasteiger partial charge in [-0.15, -0.1) is 0 Å². The lowest BCUT2D eigenvalue weighted by molar-refractivity contribution is -0.378. The van der Waals surface area contributed by atoms with Gasteiger partial charge in [0.15, 0.2) is 12.4 Å². The number of hydrogen-bond donors (Lipinski definition) is 0. The third-order valence-corrected chi connectivity index (χ3v) is 6.06. The fourth-order valence-electron chi connectivity index (χ4n) is 4.18. The molecule has 1 aromatic heterocycles. The van der Waals surface area contributed by atoms with Crippen LogP contribution in [-0.4, -0.2) is 23.2 Å². The Morgan fingerprint density at radius 1 is 1.11 bits per heavy atom. The highest BCUT2D eigenvalue weighted by atomic mass is 16.5. The van der Waals surface area contributed by atoms with Gasteiger partial charge in [0.05, 0.1) is 12.6 Å². The van der Waals surface area contributed by atoms with Crippen LogP contribution in [0.5, 0.6) is 5.75 Å². The maximum absolute atomic E-state index is 13.6. The van der Waals surface area contributed by atoms with Crippen molar-refractivity contribution in [1.29, 1.82) is 0 Å². The molecule has 6 heteroatoms. The van der Waals surface area contributed by atoms with Crippen molar-refractivity contribution in [2.75, 3.05) is 6.61 Å². The molecule has 0 spiro atoms. The minimum absolute atomic E-state index is 0.0352. The van der Waals surface area contributed by atoms with Crippen molar-refractivity contribution >= 4 is 17.4 Å². The van der Waals surface area contributed by atoms with E-state index in [9.17, 15) is 14.7 Å². The number of ether oxygens (including phenoxy) is 1. The first kappa shape index (κ1) is 24.0. The average molecular weight is 469 g/mol. The van der Waals surface area contributed by atoms with E-state index in [0.717, 1.165) is 16.7 Å². The number of nitrogens with zero attached hydrogens (tertiary/aromatic N) is 1. The van der Waals surface area contributed by atoms with Crippen LogP contribution in [0.3, 0.4) is 0 Å². The Labute approximate surface area is 205 Å². The summed E-state index contributed by atoms with van der Waals surface area (Å²) in [4.78, 5) is 30.8. The Balaban J connectivity index is 1.79. The first-order valence-electron chi connectivity index (χ1n) is 11.6. The molecule has 0 aliphatic carbocycles. The van der Waals surface area contributed by atoms with Gasteiger partial charge in [-0.3, -0.25) is 9.59 Å². The molecular formula is C29H28N2O4. The van der Waals surface area contributed by atoms with Gasteiger partial charge in [-0.2, -0.15) is 0 Å². The number of nitrogens with one attached hydrogen (secondary N) is 1. The third-order valence-electron chi connectivity index (χ3n) is 6.06. The number of hydrogen-bond acceptors (Lipinski definition) is 4. The third kappa shape index (κ3) is 5.01. The van der Waals surface area contributed by atoms with E-state index in [1.165, 1.54) is 4.90 Å². The number of ketones is 1. The molecule has 1 unspecified atom stereocenters. The number of likely N-dealkylation sites (tertiary alicyclic amines) is 1. The highest BCUT2D eigenvalue weighted by molar-refractivity contribution is 6.46. The minimum Gasteiger partial charge on any atom is -0.872 e. The molecule has 1 aliphatic rings. The molecule has 1 saturated heterocycles. The minimum atomic E-state index is -0.777. The molecule has 0 bridgehead atoms. The molecule has 3 aromatic rings. The highest BCUT2D eigenvalue weighted by Gasteiger charge is 2.44. The lowest BCUT2D eigenvalue weighted by Crippen LogP contribution is -2.29. The quantitative estimate of drug-likeness (QED) is 0.219. The Hall–Kier alpha value is -4.19. The fourth-order valence-corrected chi connectivity index (χ4v) is 4.18. The van der Waals surface area contributed by atoms with Gasteiger partial charge in [0, 0.05) is 17.2 Å². The van der Waals surface area contributed by atoms with Crippen LogP contribution in [0.2, 0.25) is 0 Å². The molecule has 6 nitrogen and oxygen atoms in total. The van der Waals surface area contributed by atoms with Crippen molar-refractivity contribution in [3.05, 3.63) is 114 Å². The molecule has 0 radical (unpaired) electrons. The molecule has 1 amide bonds. The summed E-state index contributed by atoms with van der Waals surface area (Å²) in [6.45, 7) is 8.36. The Morgan fingerprint density at radius 3 is 2.43 bits per heavy atom. The Morgan fingerprint density at radius 2 is 1.83 bits per heavy atom. The van der Waals surface area contributed by atoms with Gasteiger partial charge in [-0.25, -0.2) is 4.98 Å². The summed E-state index contributed by atoms with van der Waals surface area (Å²) in [5, 5.41) is 13.6. The zero-order chi connectivity index (χ0) is 24.9. The van der Waals surface area contributed by atoms with Crippen LogP contribution in [-0.2, 0) is 16.1 Å². The van der Waals surface area contributed by atoms with Crippen LogP contribution >= 0.6 is 0 Å². The number of Topliss-reactive ketones (excluding diaryl/α,β-unsaturated/α-hetero) is 1. The topological polar surface area (TPSA) is 83.8 Å². The van der Waals surface area contributed by atoms with Crippen LogP contribution in [0.15, 0.2) is 91.3 Å². The highest BCUT2D eigenvalue weighted by Crippen LogP contribution is 2.40. The first-order valence-corrected chi connectivity index (χ1v) is 11.6. The lowest BCUT2D eigenvalue weighted by Gasteiger charge is -2.27. The van der Waals surface area contributed by atoms with E-state index < -0.39 is 23.5 Å². The second-order valence-corrected chi connectivity index (χ2v) is 8.76. The van der Waals surface area contributed by atoms with Crippen molar-refractivity contribution in [1.82, 2.24) is 4.90 Å². The lowest BCUT2D eigenvalue weighted by atomic mass is 9.93. The summed E-state index contributed by atoms with van der Waals surface area (Å²) in [5.41, 5.74) is 2.98. The summed E-state index contributed by atoms with van der Waals surface area (Å²) in [5.74, 6) is -0.985. The molecule has 1 aliphatic heterocycles. The number of rotatable bonds is 8. The van der Waals surface area contributed by atoms with Gasteiger partial charge < -0.3 is 14.7 Å². The monoisotopic (exact) mass is 468 g/mol. The number of H-pyrrole nitrogens is 1. The SMILES string of the molecule is C=CCOc1ccc(C([O-])=C2C(=O)C(=O)N(Cc3ccc[nH+]c3)C2c2ccc(C(C)C)cc2)cc1. The van der Waals surface area contributed by atoms with Crippen LogP contribution in [0.25, 0.3) is 5.76 Å². The number of aromatic nitrogens is 1. The van der Waals surface area contributed by atoms with Crippen LogP contribution in [0.1, 0.15) is 48.1 Å². The fraction of sp³-hybridized carbons (Fsp3) is 0.207. The van der Waals surface area contributed by atoms with Crippen molar-refractivity contribution in [2.24, 2.45) is 0 Å². The predicted molar refractivity (Wildman–Crippen MR) is 131 cm³/mol.